The second kappa shape index (κ2) is 11.4. The third-order valence-electron chi connectivity index (χ3n) is 6.90. The molecule has 0 bridgehead atoms. The summed E-state index contributed by atoms with van der Waals surface area (Å²) in [4.78, 5) is 4.56. The molecule has 1 aliphatic rings. The molecule has 0 radical (unpaired) electrons. The highest BCUT2D eigenvalue weighted by molar-refractivity contribution is 5.93. The highest BCUT2D eigenvalue weighted by atomic mass is 19.1. The van der Waals surface area contributed by atoms with Gasteiger partial charge in [-0.05, 0) is 44.7 Å². The molecule has 1 aromatic carbocycles. The van der Waals surface area contributed by atoms with Gasteiger partial charge in [-0.25, -0.2) is 4.98 Å². The maximum atomic E-state index is 14.6. The maximum absolute atomic E-state index is 14.6. The summed E-state index contributed by atoms with van der Waals surface area (Å²) in [5.74, 6) is 0.686. The van der Waals surface area contributed by atoms with Gasteiger partial charge in [-0.1, -0.05) is 6.07 Å². The van der Waals surface area contributed by atoms with Crippen molar-refractivity contribution in [2.75, 3.05) is 25.6 Å². The molecule has 0 spiro atoms. The van der Waals surface area contributed by atoms with Gasteiger partial charge in [0.25, 0.3) is 0 Å². The first-order valence-corrected chi connectivity index (χ1v) is 12.9. The van der Waals surface area contributed by atoms with Crippen LogP contribution in [0.1, 0.15) is 38.6 Å². The third kappa shape index (κ3) is 5.30. The van der Waals surface area contributed by atoms with Gasteiger partial charge in [0.05, 0.1) is 50.2 Å². The van der Waals surface area contributed by atoms with Gasteiger partial charge in [-0.15, -0.1) is 0 Å². The average molecular weight is 525 g/mol. The molecule has 0 unspecified atom stereocenters. The molecule has 10 nitrogen and oxygen atoms in total. The van der Waals surface area contributed by atoms with Gasteiger partial charge in [0, 0.05) is 36.0 Å². The first-order valence-electron chi connectivity index (χ1n) is 12.9. The molecule has 38 heavy (non-hydrogen) atoms. The van der Waals surface area contributed by atoms with Crippen LogP contribution in [0.25, 0.3) is 22.2 Å². The molecule has 5 rings (SSSR count). The van der Waals surface area contributed by atoms with E-state index in [1.54, 1.807) is 29.1 Å². The van der Waals surface area contributed by atoms with Crippen molar-refractivity contribution in [3.63, 3.8) is 0 Å². The van der Waals surface area contributed by atoms with Crippen LogP contribution in [-0.4, -0.2) is 67.2 Å². The van der Waals surface area contributed by atoms with E-state index in [0.29, 0.717) is 0 Å². The lowest BCUT2D eigenvalue weighted by Crippen LogP contribution is -2.26. The lowest BCUT2D eigenvalue weighted by atomic mass is 9.93. The number of fused-ring (bicyclic) bond motifs is 1. The predicted molar refractivity (Wildman–Crippen MR) is 141 cm³/mol. The third-order valence-corrected chi connectivity index (χ3v) is 6.90. The molecule has 1 atom stereocenters. The number of aromatic nitrogens is 5. The van der Waals surface area contributed by atoms with E-state index in [9.17, 15) is 9.50 Å². The lowest BCUT2D eigenvalue weighted by molar-refractivity contribution is 0.0783. The van der Waals surface area contributed by atoms with Crippen LogP contribution in [-0.2, 0) is 6.54 Å². The van der Waals surface area contributed by atoms with Crippen molar-refractivity contribution >= 4 is 16.7 Å². The molecule has 1 fully saturated rings. The molecule has 0 aliphatic heterocycles. The molecule has 0 amide bonds. The zero-order chi connectivity index (χ0) is 26.6. The van der Waals surface area contributed by atoms with Crippen molar-refractivity contribution < 1.29 is 24.1 Å². The maximum Gasteiger partial charge on any atom is 0.206 e. The van der Waals surface area contributed by atoms with Crippen LogP contribution in [0.15, 0.2) is 42.9 Å². The fraction of sp³-hybridized carbons (Fsp3) is 0.444. The van der Waals surface area contributed by atoms with Gasteiger partial charge < -0.3 is 25.0 Å². The van der Waals surface area contributed by atoms with Gasteiger partial charge in [0.1, 0.15) is 11.5 Å². The quantitative estimate of drug-likeness (QED) is 0.287. The number of hydrogen-bond donors (Lipinski definition) is 3. The Labute approximate surface area is 220 Å². The fourth-order valence-corrected chi connectivity index (χ4v) is 4.99. The number of rotatable bonds is 10. The average Bonchev–Trinajstić information content (AvgIpc) is 3.55. The van der Waals surface area contributed by atoms with Crippen LogP contribution >= 0.6 is 0 Å². The van der Waals surface area contributed by atoms with Gasteiger partial charge in [0.2, 0.25) is 5.82 Å². The number of pyridine rings is 1. The number of anilines is 1. The molecule has 3 N–H and O–H groups in total. The first-order chi connectivity index (χ1) is 18.5. The van der Waals surface area contributed by atoms with E-state index in [-0.39, 0.29) is 36.8 Å². The van der Waals surface area contributed by atoms with Crippen molar-refractivity contribution in [1.29, 1.82) is 0 Å². The van der Waals surface area contributed by atoms with Crippen LogP contribution in [0.2, 0.25) is 0 Å². The Morgan fingerprint density at radius 1 is 1.18 bits per heavy atom. The Morgan fingerprint density at radius 2 is 1.97 bits per heavy atom. The second-order valence-electron chi connectivity index (χ2n) is 9.52. The van der Waals surface area contributed by atoms with Crippen LogP contribution in [0.4, 0.5) is 10.2 Å². The van der Waals surface area contributed by atoms with E-state index < -0.39 is 11.9 Å². The van der Waals surface area contributed by atoms with Crippen molar-refractivity contribution in [3.05, 3.63) is 48.7 Å². The van der Waals surface area contributed by atoms with E-state index in [4.69, 9.17) is 19.7 Å². The Bertz CT molecular complexity index is 1380. The number of ether oxygens (including phenoxy) is 2. The van der Waals surface area contributed by atoms with E-state index >= 15 is 0 Å². The highest BCUT2D eigenvalue weighted by Gasteiger charge is 2.28. The SMILES string of the molecule is CCNc1cc2c(cn1)c(-c1cnn(C[C@H](O)CO)c1)nn2[C@H]1CC[C@@H](Oc2cccc(OC)c2F)CC1. The van der Waals surface area contributed by atoms with Gasteiger partial charge in [-0.3, -0.25) is 9.36 Å². The molecule has 1 saturated carbocycles. The van der Waals surface area contributed by atoms with Crippen molar-refractivity contribution in [2.45, 2.75) is 57.4 Å². The number of aliphatic hydroxyl groups is 2. The normalized spacial score (nSPS) is 18.4. The Morgan fingerprint density at radius 3 is 2.71 bits per heavy atom. The summed E-state index contributed by atoms with van der Waals surface area (Å²) in [5.41, 5.74) is 2.54. The summed E-state index contributed by atoms with van der Waals surface area (Å²) in [6.07, 6.45) is 7.56. The summed E-state index contributed by atoms with van der Waals surface area (Å²) in [6.45, 7) is 2.63. The molecule has 0 saturated heterocycles. The molecule has 11 heteroatoms. The monoisotopic (exact) mass is 524 g/mol. The summed E-state index contributed by atoms with van der Waals surface area (Å²) >= 11 is 0. The fourth-order valence-electron chi connectivity index (χ4n) is 4.99. The zero-order valence-electron chi connectivity index (χ0n) is 21.5. The van der Waals surface area contributed by atoms with Gasteiger partial charge >= 0.3 is 0 Å². The number of benzene rings is 1. The summed E-state index contributed by atoms with van der Waals surface area (Å²) < 4.78 is 29.3. The Balaban J connectivity index is 1.39. The van der Waals surface area contributed by atoms with E-state index in [1.807, 2.05) is 25.4 Å². The molecular formula is C27H33FN6O4. The van der Waals surface area contributed by atoms with E-state index in [2.05, 4.69) is 20.1 Å². The number of methoxy groups -OCH3 is 1. The molecule has 202 valence electrons. The Hall–Kier alpha value is -3.70. The minimum atomic E-state index is -0.885. The van der Waals surface area contributed by atoms with Crippen molar-refractivity contribution in [1.82, 2.24) is 24.5 Å². The summed E-state index contributed by atoms with van der Waals surface area (Å²) in [5, 5.41) is 32.5. The molecular weight excluding hydrogens is 491 g/mol. The van der Waals surface area contributed by atoms with Crippen LogP contribution < -0.4 is 14.8 Å². The second-order valence-corrected chi connectivity index (χ2v) is 9.52. The van der Waals surface area contributed by atoms with Crippen LogP contribution in [0.3, 0.4) is 0 Å². The smallest absolute Gasteiger partial charge is 0.206 e. The molecule has 1 aliphatic carbocycles. The van der Waals surface area contributed by atoms with Gasteiger partial charge in [0.15, 0.2) is 11.5 Å². The van der Waals surface area contributed by atoms with Gasteiger partial charge in [-0.2, -0.15) is 14.6 Å². The minimum Gasteiger partial charge on any atom is -0.494 e. The number of hydrogen-bond acceptors (Lipinski definition) is 8. The number of nitrogens with one attached hydrogen (secondary N) is 1. The number of halogens is 1. The molecule has 3 heterocycles. The first kappa shape index (κ1) is 25.9. The Kier molecular flexibility index (Phi) is 7.75. The van der Waals surface area contributed by atoms with Crippen LogP contribution in [0.5, 0.6) is 11.5 Å². The highest BCUT2D eigenvalue weighted by Crippen LogP contribution is 2.37. The minimum absolute atomic E-state index is 0.0932. The summed E-state index contributed by atoms with van der Waals surface area (Å²) in [7, 11) is 1.44. The predicted octanol–water partition coefficient (Wildman–Crippen LogP) is 3.79. The lowest BCUT2D eigenvalue weighted by Gasteiger charge is -2.29. The number of aliphatic hydroxyl groups excluding tert-OH is 2. The largest absolute Gasteiger partial charge is 0.494 e. The standard InChI is InChI=1S/C27H33FN6O4/c1-3-29-25-11-22-21(13-30-25)27(17-12-31-33(14-17)15-19(36)16-35)32-34(22)18-7-9-20(10-8-18)38-24-6-4-5-23(37-2)26(24)28/h4-6,11-14,18-20,35-36H,3,7-10,15-16H2,1-2H3,(H,29,30)/t18-,19-,20+/m0/s1. The van der Waals surface area contributed by atoms with E-state index in [1.165, 1.54) is 7.11 Å². The van der Waals surface area contributed by atoms with Crippen LogP contribution in [0, 0.1) is 5.82 Å². The van der Waals surface area contributed by atoms with E-state index in [0.717, 1.165) is 60.2 Å². The zero-order valence-corrected chi connectivity index (χ0v) is 21.5. The topological polar surface area (TPSA) is 119 Å². The molecule has 4 aromatic rings. The van der Waals surface area contributed by atoms with Crippen molar-refractivity contribution in [2.24, 2.45) is 0 Å². The number of nitrogens with zero attached hydrogens (tertiary/aromatic N) is 5. The molecule has 3 aromatic heterocycles. The summed E-state index contributed by atoms with van der Waals surface area (Å²) in [6, 6.07) is 7.09. The van der Waals surface area contributed by atoms with Crippen molar-refractivity contribution in [3.8, 4) is 22.8 Å².